The van der Waals surface area contributed by atoms with Crippen molar-refractivity contribution >= 4 is 34.8 Å². The minimum atomic E-state index is -0.546. The molecule has 0 aliphatic carbocycles. The number of benzene rings is 2. The number of morpholine rings is 1. The number of nitro benzene ring substituents is 1. The van der Waals surface area contributed by atoms with Crippen LogP contribution in [0, 0.1) is 15.9 Å². The Bertz CT molecular complexity index is 911. The van der Waals surface area contributed by atoms with E-state index in [9.17, 15) is 19.3 Å². The molecule has 0 amide bonds. The Morgan fingerprint density at radius 3 is 2.63 bits per heavy atom. The van der Waals surface area contributed by atoms with E-state index in [-0.39, 0.29) is 16.3 Å². The van der Waals surface area contributed by atoms with Crippen molar-refractivity contribution in [2.45, 2.75) is 0 Å². The molecule has 3 rings (SSSR count). The number of nitrogens with zero attached hydrogens (tertiary/aromatic N) is 2. The predicted molar refractivity (Wildman–Crippen MR) is 101 cm³/mol. The Hall–Kier alpha value is -2.77. The fraction of sp³-hybridized carbons (Fsp3) is 0.211. The minimum Gasteiger partial charge on any atom is -0.378 e. The molecule has 0 radical (unpaired) electrons. The summed E-state index contributed by atoms with van der Waals surface area (Å²) in [7, 11) is 0. The van der Waals surface area contributed by atoms with E-state index in [1.165, 1.54) is 36.4 Å². The molecule has 1 saturated heterocycles. The average molecular weight is 391 g/mol. The number of carbonyl (C=O) groups is 1. The molecule has 1 aliphatic heterocycles. The first kappa shape index (κ1) is 19.0. The Kier molecular flexibility index (Phi) is 5.83. The molecule has 2 aromatic carbocycles. The summed E-state index contributed by atoms with van der Waals surface area (Å²) in [6.07, 6.45) is 2.60. The van der Waals surface area contributed by atoms with Crippen LogP contribution in [0.15, 0.2) is 42.5 Å². The second kappa shape index (κ2) is 8.28. The molecule has 27 heavy (non-hydrogen) atoms. The standard InChI is InChI=1S/C19H16ClFN2O4/c20-16-4-3-15(23(25)26)11-13(16)2-6-19(24)14-1-5-18(17(21)12-14)22-7-9-27-10-8-22/h1-6,11-12H,7-10H2/b6-2+. The van der Waals surface area contributed by atoms with Gasteiger partial charge in [-0.2, -0.15) is 0 Å². The number of rotatable bonds is 5. The number of non-ortho nitro benzene ring substituents is 1. The molecule has 1 heterocycles. The van der Waals surface area contributed by atoms with Gasteiger partial charge in [-0.05, 0) is 42.0 Å². The molecular weight excluding hydrogens is 375 g/mol. The lowest BCUT2D eigenvalue weighted by atomic mass is 10.1. The summed E-state index contributed by atoms with van der Waals surface area (Å²) in [5.74, 6) is -0.908. The minimum absolute atomic E-state index is 0.132. The molecule has 2 aromatic rings. The second-order valence-electron chi connectivity index (χ2n) is 5.93. The summed E-state index contributed by atoms with van der Waals surface area (Å²) in [6.45, 7) is 2.25. The first-order valence-electron chi connectivity index (χ1n) is 8.24. The lowest BCUT2D eigenvalue weighted by molar-refractivity contribution is -0.384. The number of halogens is 2. The molecule has 1 aliphatic rings. The normalized spacial score (nSPS) is 14.5. The highest BCUT2D eigenvalue weighted by Gasteiger charge is 2.16. The van der Waals surface area contributed by atoms with E-state index in [0.29, 0.717) is 37.6 Å². The summed E-state index contributed by atoms with van der Waals surface area (Å²) in [5.41, 5.74) is 0.819. The first-order valence-corrected chi connectivity index (χ1v) is 8.62. The Morgan fingerprint density at radius 1 is 1.22 bits per heavy atom. The van der Waals surface area contributed by atoms with Crippen molar-refractivity contribution in [2.24, 2.45) is 0 Å². The van der Waals surface area contributed by atoms with Gasteiger partial charge in [-0.1, -0.05) is 11.6 Å². The molecule has 0 saturated carbocycles. The lowest BCUT2D eigenvalue weighted by Gasteiger charge is -2.29. The van der Waals surface area contributed by atoms with E-state index in [0.717, 1.165) is 0 Å². The second-order valence-corrected chi connectivity index (χ2v) is 6.33. The van der Waals surface area contributed by atoms with Crippen LogP contribution in [0.5, 0.6) is 0 Å². The zero-order valence-corrected chi connectivity index (χ0v) is 15.0. The fourth-order valence-corrected chi connectivity index (χ4v) is 2.94. The number of nitro groups is 1. The van der Waals surface area contributed by atoms with Crippen molar-refractivity contribution in [1.29, 1.82) is 0 Å². The van der Waals surface area contributed by atoms with Crippen molar-refractivity contribution < 1.29 is 18.8 Å². The van der Waals surface area contributed by atoms with Gasteiger partial charge < -0.3 is 9.64 Å². The van der Waals surface area contributed by atoms with Crippen molar-refractivity contribution in [3.8, 4) is 0 Å². The van der Waals surface area contributed by atoms with Crippen LogP contribution in [0.1, 0.15) is 15.9 Å². The summed E-state index contributed by atoms with van der Waals surface area (Å²) in [4.78, 5) is 24.5. The molecule has 140 valence electrons. The highest BCUT2D eigenvalue weighted by Crippen LogP contribution is 2.24. The van der Waals surface area contributed by atoms with Gasteiger partial charge in [0.05, 0.1) is 23.8 Å². The van der Waals surface area contributed by atoms with E-state index in [4.69, 9.17) is 16.3 Å². The van der Waals surface area contributed by atoms with Crippen molar-refractivity contribution in [1.82, 2.24) is 0 Å². The van der Waals surface area contributed by atoms with Crippen LogP contribution in [0.4, 0.5) is 15.8 Å². The van der Waals surface area contributed by atoms with Crippen LogP contribution in [-0.4, -0.2) is 37.0 Å². The quantitative estimate of drug-likeness (QED) is 0.332. The number of ether oxygens (including phenoxy) is 1. The number of allylic oxidation sites excluding steroid dienone is 1. The van der Waals surface area contributed by atoms with Crippen LogP contribution in [0.3, 0.4) is 0 Å². The maximum Gasteiger partial charge on any atom is 0.270 e. The number of carbonyl (C=O) groups excluding carboxylic acids is 1. The van der Waals surface area contributed by atoms with Gasteiger partial charge in [0, 0.05) is 35.8 Å². The largest absolute Gasteiger partial charge is 0.378 e. The summed E-state index contributed by atoms with van der Waals surface area (Å²) >= 11 is 6.00. The van der Waals surface area contributed by atoms with Crippen molar-refractivity contribution in [3.05, 3.63) is 74.6 Å². The van der Waals surface area contributed by atoms with Crippen LogP contribution in [-0.2, 0) is 4.74 Å². The van der Waals surface area contributed by atoms with E-state index in [1.54, 1.807) is 12.1 Å². The van der Waals surface area contributed by atoms with Gasteiger partial charge in [0.1, 0.15) is 5.82 Å². The first-order chi connectivity index (χ1) is 13.0. The SMILES string of the molecule is O=C(/C=C/c1cc([N+](=O)[O-])ccc1Cl)c1ccc(N2CCOCC2)c(F)c1. The van der Waals surface area contributed by atoms with Crippen LogP contribution in [0.25, 0.3) is 6.08 Å². The third-order valence-electron chi connectivity index (χ3n) is 4.19. The molecular formula is C19H16ClFN2O4. The number of hydrogen-bond donors (Lipinski definition) is 0. The molecule has 0 atom stereocenters. The van der Waals surface area contributed by atoms with Crippen LogP contribution < -0.4 is 4.90 Å². The van der Waals surface area contributed by atoms with E-state index in [1.807, 2.05) is 4.90 Å². The molecule has 8 heteroatoms. The van der Waals surface area contributed by atoms with E-state index < -0.39 is 16.5 Å². The van der Waals surface area contributed by atoms with Gasteiger partial charge in [-0.3, -0.25) is 14.9 Å². The maximum atomic E-state index is 14.4. The summed E-state index contributed by atoms with van der Waals surface area (Å²) < 4.78 is 19.7. The zero-order chi connectivity index (χ0) is 19.4. The van der Waals surface area contributed by atoms with Crippen molar-refractivity contribution in [3.63, 3.8) is 0 Å². The molecule has 0 unspecified atom stereocenters. The van der Waals surface area contributed by atoms with Crippen molar-refractivity contribution in [2.75, 3.05) is 31.2 Å². The molecule has 0 aromatic heterocycles. The highest BCUT2D eigenvalue weighted by molar-refractivity contribution is 6.32. The number of anilines is 1. The van der Waals surface area contributed by atoms with Crippen LogP contribution in [0.2, 0.25) is 5.02 Å². The molecule has 1 fully saturated rings. The fourth-order valence-electron chi connectivity index (χ4n) is 2.76. The third kappa shape index (κ3) is 4.50. The van der Waals surface area contributed by atoms with Gasteiger partial charge in [-0.15, -0.1) is 0 Å². The van der Waals surface area contributed by atoms with Gasteiger partial charge in [0.2, 0.25) is 0 Å². The topological polar surface area (TPSA) is 72.7 Å². The molecule has 0 bridgehead atoms. The molecule has 0 spiro atoms. The smallest absolute Gasteiger partial charge is 0.270 e. The Balaban J connectivity index is 1.78. The molecule has 0 N–H and O–H groups in total. The summed E-state index contributed by atoms with van der Waals surface area (Å²) in [5, 5.41) is 11.1. The van der Waals surface area contributed by atoms with E-state index >= 15 is 0 Å². The number of ketones is 1. The van der Waals surface area contributed by atoms with Gasteiger partial charge in [0.15, 0.2) is 5.78 Å². The molecule has 6 nitrogen and oxygen atoms in total. The Labute approximate surface area is 160 Å². The van der Waals surface area contributed by atoms with Crippen LogP contribution >= 0.6 is 11.6 Å². The Morgan fingerprint density at radius 2 is 1.96 bits per heavy atom. The summed E-state index contributed by atoms with van der Waals surface area (Å²) in [6, 6.07) is 8.25. The zero-order valence-electron chi connectivity index (χ0n) is 14.2. The van der Waals surface area contributed by atoms with Gasteiger partial charge >= 0.3 is 0 Å². The van der Waals surface area contributed by atoms with E-state index in [2.05, 4.69) is 0 Å². The highest BCUT2D eigenvalue weighted by atomic mass is 35.5. The van der Waals surface area contributed by atoms with Gasteiger partial charge in [-0.25, -0.2) is 4.39 Å². The number of hydrogen-bond acceptors (Lipinski definition) is 5. The maximum absolute atomic E-state index is 14.4. The van der Waals surface area contributed by atoms with Gasteiger partial charge in [0.25, 0.3) is 5.69 Å². The monoisotopic (exact) mass is 390 g/mol. The lowest BCUT2D eigenvalue weighted by Crippen LogP contribution is -2.36. The average Bonchev–Trinajstić information content (AvgIpc) is 2.67. The third-order valence-corrected chi connectivity index (χ3v) is 4.53. The predicted octanol–water partition coefficient (Wildman–Crippen LogP) is 4.12.